The summed E-state index contributed by atoms with van der Waals surface area (Å²) >= 11 is 12.2. The number of hydrogen-bond donors (Lipinski definition) is 1. The molecule has 0 radical (unpaired) electrons. The lowest BCUT2D eigenvalue weighted by molar-refractivity contribution is -0.117. The fraction of sp³-hybridized carbons (Fsp3) is 0.0909. The molecule has 0 saturated heterocycles. The van der Waals surface area contributed by atoms with Crippen LogP contribution in [0.3, 0.4) is 0 Å². The van der Waals surface area contributed by atoms with Crippen LogP contribution in [0.1, 0.15) is 11.3 Å². The number of carbonyl (C=O) groups excluding carboxylic acids is 1. The number of rotatable bonds is 6. The van der Waals surface area contributed by atoms with Crippen LogP contribution in [-0.4, -0.2) is 12.5 Å². The molecule has 0 spiro atoms. The fourth-order valence-electron chi connectivity index (χ4n) is 2.61. The average molecular weight is 411 g/mol. The first-order valence-electron chi connectivity index (χ1n) is 8.56. The van der Waals surface area contributed by atoms with Crippen LogP contribution < -0.4 is 5.32 Å². The second-order valence-electron chi connectivity index (χ2n) is 5.99. The lowest BCUT2D eigenvalue weighted by Crippen LogP contribution is -2.26. The van der Waals surface area contributed by atoms with Gasteiger partial charge in [-0.3, -0.25) is 4.79 Å². The van der Waals surface area contributed by atoms with Gasteiger partial charge in [-0.15, -0.1) is 0 Å². The van der Waals surface area contributed by atoms with E-state index in [1.807, 2.05) is 36.4 Å². The van der Waals surface area contributed by atoms with Crippen molar-refractivity contribution in [2.24, 2.45) is 0 Å². The van der Waals surface area contributed by atoms with Gasteiger partial charge in [0.25, 0.3) is 5.91 Å². The minimum Gasteiger partial charge on any atom is -0.457 e. The first-order chi connectivity index (χ1) is 13.6. The monoisotopic (exact) mass is 410 g/mol. The van der Waals surface area contributed by atoms with Gasteiger partial charge in [0.1, 0.15) is 23.2 Å². The van der Waals surface area contributed by atoms with Gasteiger partial charge in [-0.05, 0) is 42.3 Å². The first-order valence-corrected chi connectivity index (χ1v) is 9.31. The Kier molecular flexibility index (Phi) is 6.54. The summed E-state index contributed by atoms with van der Waals surface area (Å²) in [6.45, 7) is 0.434. The molecule has 0 fully saturated rings. The highest BCUT2D eigenvalue weighted by Crippen LogP contribution is 2.32. The minimum atomic E-state index is -0.447. The van der Waals surface area contributed by atoms with Gasteiger partial charge in [0.05, 0.1) is 5.02 Å². The van der Waals surface area contributed by atoms with Gasteiger partial charge in [0.2, 0.25) is 0 Å². The van der Waals surface area contributed by atoms with E-state index in [1.54, 1.807) is 30.3 Å². The van der Waals surface area contributed by atoms with Crippen molar-refractivity contribution in [2.75, 3.05) is 6.54 Å². The van der Waals surface area contributed by atoms with E-state index in [0.717, 1.165) is 5.56 Å². The molecule has 28 heavy (non-hydrogen) atoms. The molecule has 3 aromatic rings. The maximum Gasteiger partial charge on any atom is 0.262 e. The smallest absolute Gasteiger partial charge is 0.262 e. The standard InChI is InChI=1S/C22H16Cl2N2O2/c23-17-6-8-20(24)19(13-17)21-9-7-18(28-21)12-16(14-25)22(27)26-11-10-15-4-2-1-3-5-15/h1-9,12-13H,10-11H2,(H,26,27). The van der Waals surface area contributed by atoms with Crippen LogP contribution in [0.2, 0.25) is 10.0 Å². The summed E-state index contributed by atoms with van der Waals surface area (Å²) in [7, 11) is 0. The van der Waals surface area contributed by atoms with E-state index in [2.05, 4.69) is 5.32 Å². The third-order valence-electron chi connectivity index (χ3n) is 4.01. The summed E-state index contributed by atoms with van der Waals surface area (Å²) < 4.78 is 5.71. The maximum absolute atomic E-state index is 12.3. The molecule has 1 amide bonds. The van der Waals surface area contributed by atoms with Gasteiger partial charge < -0.3 is 9.73 Å². The largest absolute Gasteiger partial charge is 0.457 e. The van der Waals surface area contributed by atoms with Crippen molar-refractivity contribution in [3.8, 4) is 17.4 Å². The Morgan fingerprint density at radius 2 is 1.89 bits per heavy atom. The van der Waals surface area contributed by atoms with Gasteiger partial charge in [0, 0.05) is 23.2 Å². The number of nitriles is 1. The van der Waals surface area contributed by atoms with E-state index in [0.29, 0.717) is 40.1 Å². The Balaban J connectivity index is 1.69. The molecule has 140 valence electrons. The summed E-state index contributed by atoms with van der Waals surface area (Å²) in [6.07, 6.45) is 2.09. The number of hydrogen-bond acceptors (Lipinski definition) is 3. The SMILES string of the molecule is N#CC(=Cc1ccc(-c2cc(Cl)ccc2Cl)o1)C(=O)NCCc1ccccc1. The fourth-order valence-corrected chi connectivity index (χ4v) is 3.00. The lowest BCUT2D eigenvalue weighted by Gasteiger charge is -2.04. The second-order valence-corrected chi connectivity index (χ2v) is 6.83. The van der Waals surface area contributed by atoms with Crippen LogP contribution in [0.5, 0.6) is 0 Å². The zero-order chi connectivity index (χ0) is 19.9. The summed E-state index contributed by atoms with van der Waals surface area (Å²) in [5, 5.41) is 13.1. The Labute approximate surface area is 173 Å². The molecular formula is C22H16Cl2N2O2. The lowest BCUT2D eigenvalue weighted by atomic mass is 10.1. The van der Waals surface area contributed by atoms with Crippen molar-refractivity contribution in [1.29, 1.82) is 5.26 Å². The van der Waals surface area contributed by atoms with Gasteiger partial charge in [-0.1, -0.05) is 53.5 Å². The Morgan fingerprint density at radius 3 is 2.64 bits per heavy atom. The van der Waals surface area contributed by atoms with Crippen molar-refractivity contribution < 1.29 is 9.21 Å². The highest BCUT2D eigenvalue weighted by Gasteiger charge is 2.12. The van der Waals surface area contributed by atoms with Crippen LogP contribution >= 0.6 is 23.2 Å². The molecule has 0 unspecified atom stereocenters. The Hall–Kier alpha value is -3.00. The summed E-state index contributed by atoms with van der Waals surface area (Å²) in [5.74, 6) is 0.429. The van der Waals surface area contributed by atoms with Crippen molar-refractivity contribution in [3.63, 3.8) is 0 Å². The van der Waals surface area contributed by atoms with Crippen molar-refractivity contribution in [3.05, 3.63) is 87.6 Å². The quantitative estimate of drug-likeness (QED) is 0.429. The predicted octanol–water partition coefficient (Wildman–Crippen LogP) is 5.52. The molecule has 6 heteroatoms. The molecule has 1 heterocycles. The van der Waals surface area contributed by atoms with Gasteiger partial charge in [0.15, 0.2) is 0 Å². The number of halogens is 2. The maximum atomic E-state index is 12.3. The summed E-state index contributed by atoms with van der Waals surface area (Å²) in [5.41, 5.74) is 1.71. The average Bonchev–Trinajstić information content (AvgIpc) is 3.17. The zero-order valence-corrected chi connectivity index (χ0v) is 16.3. The number of nitrogens with zero attached hydrogens (tertiary/aromatic N) is 1. The Morgan fingerprint density at radius 1 is 1.11 bits per heavy atom. The summed E-state index contributed by atoms with van der Waals surface area (Å²) in [4.78, 5) is 12.3. The van der Waals surface area contributed by atoms with E-state index in [1.165, 1.54) is 6.08 Å². The number of nitrogens with one attached hydrogen (secondary N) is 1. The number of amides is 1. The van der Waals surface area contributed by atoms with Gasteiger partial charge in [-0.2, -0.15) is 5.26 Å². The number of benzene rings is 2. The molecule has 0 aliphatic heterocycles. The van der Waals surface area contributed by atoms with Crippen LogP contribution in [0, 0.1) is 11.3 Å². The van der Waals surface area contributed by atoms with Crippen LogP contribution in [0.15, 0.2) is 70.7 Å². The third-order valence-corrected chi connectivity index (χ3v) is 4.58. The first kappa shape index (κ1) is 19.8. The molecule has 3 rings (SSSR count). The van der Waals surface area contributed by atoms with E-state index >= 15 is 0 Å². The van der Waals surface area contributed by atoms with E-state index in [-0.39, 0.29) is 5.57 Å². The zero-order valence-electron chi connectivity index (χ0n) is 14.8. The van der Waals surface area contributed by atoms with Crippen molar-refractivity contribution in [1.82, 2.24) is 5.32 Å². The molecule has 0 saturated carbocycles. The molecule has 0 aliphatic carbocycles. The van der Waals surface area contributed by atoms with Crippen LogP contribution in [0.25, 0.3) is 17.4 Å². The van der Waals surface area contributed by atoms with E-state index in [9.17, 15) is 10.1 Å². The normalized spacial score (nSPS) is 11.1. The van der Waals surface area contributed by atoms with E-state index in [4.69, 9.17) is 27.6 Å². The molecule has 1 aromatic heterocycles. The van der Waals surface area contributed by atoms with Crippen molar-refractivity contribution in [2.45, 2.75) is 6.42 Å². The van der Waals surface area contributed by atoms with Crippen LogP contribution in [0.4, 0.5) is 0 Å². The third kappa shape index (κ3) is 5.04. The molecule has 1 N–H and O–H groups in total. The highest BCUT2D eigenvalue weighted by atomic mass is 35.5. The molecular weight excluding hydrogens is 395 g/mol. The van der Waals surface area contributed by atoms with Gasteiger partial charge >= 0.3 is 0 Å². The van der Waals surface area contributed by atoms with E-state index < -0.39 is 5.91 Å². The van der Waals surface area contributed by atoms with Crippen LogP contribution in [-0.2, 0) is 11.2 Å². The van der Waals surface area contributed by atoms with Gasteiger partial charge in [-0.25, -0.2) is 0 Å². The number of carbonyl (C=O) groups is 1. The topological polar surface area (TPSA) is 66.0 Å². The molecule has 2 aromatic carbocycles. The molecule has 0 atom stereocenters. The minimum absolute atomic E-state index is 0.0360. The summed E-state index contributed by atoms with van der Waals surface area (Å²) in [6, 6.07) is 20.1. The molecule has 0 aliphatic rings. The van der Waals surface area contributed by atoms with Crippen molar-refractivity contribution >= 4 is 35.2 Å². The Bertz CT molecular complexity index is 1050. The predicted molar refractivity (Wildman–Crippen MR) is 111 cm³/mol. The second kappa shape index (κ2) is 9.27. The number of furan rings is 1. The molecule has 4 nitrogen and oxygen atoms in total. The molecule has 0 bridgehead atoms. The highest BCUT2D eigenvalue weighted by molar-refractivity contribution is 6.35.